The van der Waals surface area contributed by atoms with Crippen LogP contribution in [0.3, 0.4) is 0 Å². The first-order chi connectivity index (χ1) is 9.09. The van der Waals surface area contributed by atoms with Crippen LogP contribution < -0.4 is 10.2 Å². The van der Waals surface area contributed by atoms with Crippen LogP contribution in [0.25, 0.3) is 0 Å². The molecule has 5 nitrogen and oxygen atoms in total. The number of rotatable bonds is 6. The first-order valence-electron chi connectivity index (χ1n) is 6.36. The molecule has 0 bridgehead atoms. The van der Waals surface area contributed by atoms with Gasteiger partial charge in [0.15, 0.2) is 0 Å². The van der Waals surface area contributed by atoms with Crippen LogP contribution in [0.5, 0.6) is 0 Å². The van der Waals surface area contributed by atoms with Crippen LogP contribution in [0.1, 0.15) is 6.42 Å². The van der Waals surface area contributed by atoms with Crippen LogP contribution >= 0.6 is 0 Å². The van der Waals surface area contributed by atoms with Gasteiger partial charge in [-0.25, -0.2) is 0 Å². The summed E-state index contributed by atoms with van der Waals surface area (Å²) in [6, 6.07) is 9.89. The van der Waals surface area contributed by atoms with E-state index in [4.69, 9.17) is 5.11 Å². The fraction of sp³-hybridized carbons (Fsp3) is 0.429. The number of para-hydroxylation sites is 1. The summed E-state index contributed by atoms with van der Waals surface area (Å²) in [5, 5.41) is 11.5. The Hall–Kier alpha value is -2.04. The molecule has 0 saturated heterocycles. The van der Waals surface area contributed by atoms with Gasteiger partial charge in [0.2, 0.25) is 5.91 Å². The Kier molecular flexibility index (Phi) is 4.04. The number of hydrogen-bond acceptors (Lipinski definition) is 3. The van der Waals surface area contributed by atoms with Crippen LogP contribution in [0, 0.1) is 11.8 Å². The number of benzene rings is 1. The molecular formula is C14H18N2O3. The summed E-state index contributed by atoms with van der Waals surface area (Å²) in [5.74, 6) is -1.83. The maximum Gasteiger partial charge on any atom is 0.307 e. The molecule has 1 aromatic carbocycles. The second kappa shape index (κ2) is 5.73. The highest BCUT2D eigenvalue weighted by Gasteiger charge is 2.48. The Labute approximate surface area is 112 Å². The molecule has 0 unspecified atom stereocenters. The molecule has 2 N–H and O–H groups in total. The SMILES string of the molecule is CN(CCNC(=O)[C@@H]1C[C@@H]1C(=O)O)c1ccccc1. The van der Waals surface area contributed by atoms with Crippen molar-refractivity contribution in [1.29, 1.82) is 0 Å². The summed E-state index contributed by atoms with van der Waals surface area (Å²) in [6.07, 6.45) is 0.468. The number of likely N-dealkylation sites (N-methyl/N-ethyl adjacent to an activating group) is 1. The molecule has 0 aromatic heterocycles. The van der Waals surface area contributed by atoms with E-state index in [0.29, 0.717) is 19.5 Å². The summed E-state index contributed by atoms with van der Waals surface area (Å²) in [6.45, 7) is 1.22. The minimum atomic E-state index is -0.874. The van der Waals surface area contributed by atoms with Crippen molar-refractivity contribution in [3.8, 4) is 0 Å². The average molecular weight is 262 g/mol. The molecule has 2 rings (SSSR count). The fourth-order valence-electron chi connectivity index (χ4n) is 2.05. The number of anilines is 1. The van der Waals surface area contributed by atoms with Gasteiger partial charge in [-0.05, 0) is 18.6 Å². The molecule has 1 aliphatic rings. The smallest absolute Gasteiger partial charge is 0.307 e. The summed E-state index contributed by atoms with van der Waals surface area (Å²) in [7, 11) is 1.96. The molecule has 1 aliphatic carbocycles. The average Bonchev–Trinajstić information content (AvgIpc) is 3.20. The van der Waals surface area contributed by atoms with Crippen molar-refractivity contribution in [3.63, 3.8) is 0 Å². The maximum atomic E-state index is 11.6. The highest BCUT2D eigenvalue weighted by atomic mass is 16.4. The summed E-state index contributed by atoms with van der Waals surface area (Å²) in [5.41, 5.74) is 1.09. The maximum absolute atomic E-state index is 11.6. The molecule has 1 amide bonds. The van der Waals surface area contributed by atoms with E-state index in [2.05, 4.69) is 5.32 Å². The third-order valence-electron chi connectivity index (χ3n) is 3.39. The van der Waals surface area contributed by atoms with E-state index >= 15 is 0 Å². The van der Waals surface area contributed by atoms with Crippen LogP contribution in [0.15, 0.2) is 30.3 Å². The summed E-state index contributed by atoms with van der Waals surface area (Å²) >= 11 is 0. The van der Waals surface area contributed by atoms with E-state index in [1.165, 1.54) is 0 Å². The van der Waals surface area contributed by atoms with Gasteiger partial charge in [0.05, 0.1) is 11.8 Å². The zero-order valence-corrected chi connectivity index (χ0v) is 10.9. The van der Waals surface area contributed by atoms with Gasteiger partial charge < -0.3 is 15.3 Å². The van der Waals surface area contributed by atoms with E-state index in [9.17, 15) is 9.59 Å². The number of carbonyl (C=O) groups is 2. The van der Waals surface area contributed by atoms with E-state index in [0.717, 1.165) is 5.69 Å². The molecule has 0 spiro atoms. The standard InChI is InChI=1S/C14H18N2O3/c1-16(10-5-3-2-4-6-10)8-7-15-13(17)11-9-12(11)14(18)19/h2-6,11-12H,7-9H2,1H3,(H,15,17)(H,18,19)/t11-,12+/m1/s1. The van der Waals surface area contributed by atoms with Gasteiger partial charge in [0.1, 0.15) is 0 Å². The predicted molar refractivity (Wildman–Crippen MR) is 72.0 cm³/mol. The van der Waals surface area contributed by atoms with Crippen LogP contribution in [-0.2, 0) is 9.59 Å². The van der Waals surface area contributed by atoms with Crippen LogP contribution in [-0.4, -0.2) is 37.1 Å². The molecule has 0 aliphatic heterocycles. The van der Waals surface area contributed by atoms with Gasteiger partial charge in [0.25, 0.3) is 0 Å². The largest absolute Gasteiger partial charge is 0.481 e. The molecule has 102 valence electrons. The van der Waals surface area contributed by atoms with Crippen molar-refractivity contribution < 1.29 is 14.7 Å². The lowest BCUT2D eigenvalue weighted by Gasteiger charge is -2.19. The zero-order chi connectivity index (χ0) is 13.8. The molecule has 5 heteroatoms. The second-order valence-corrected chi connectivity index (χ2v) is 4.84. The molecular weight excluding hydrogens is 244 g/mol. The van der Waals surface area contributed by atoms with Crippen molar-refractivity contribution in [1.82, 2.24) is 5.32 Å². The second-order valence-electron chi connectivity index (χ2n) is 4.84. The number of amides is 1. The monoisotopic (exact) mass is 262 g/mol. The summed E-state index contributed by atoms with van der Waals surface area (Å²) < 4.78 is 0. The van der Waals surface area contributed by atoms with E-state index in [-0.39, 0.29) is 11.8 Å². The lowest BCUT2D eigenvalue weighted by atomic mass is 10.3. The predicted octanol–water partition coefficient (Wildman–Crippen LogP) is 0.960. The van der Waals surface area contributed by atoms with Gasteiger partial charge in [-0.1, -0.05) is 18.2 Å². The molecule has 0 heterocycles. The Morgan fingerprint density at radius 2 is 2.00 bits per heavy atom. The number of hydrogen-bond donors (Lipinski definition) is 2. The third-order valence-corrected chi connectivity index (χ3v) is 3.39. The van der Waals surface area contributed by atoms with Crippen molar-refractivity contribution >= 4 is 17.6 Å². The topological polar surface area (TPSA) is 69.6 Å². The lowest BCUT2D eigenvalue weighted by molar-refractivity contribution is -0.140. The van der Waals surface area contributed by atoms with Gasteiger partial charge in [0, 0.05) is 25.8 Å². The zero-order valence-electron chi connectivity index (χ0n) is 10.9. The number of carboxylic acids is 1. The molecule has 1 saturated carbocycles. The third kappa shape index (κ3) is 3.47. The number of carbonyl (C=O) groups excluding carboxylic acids is 1. The van der Waals surface area contributed by atoms with Crippen molar-refractivity contribution in [2.75, 3.05) is 25.0 Å². The number of carboxylic acid groups (broad SMARTS) is 1. The fourth-order valence-corrected chi connectivity index (χ4v) is 2.05. The molecule has 0 radical (unpaired) electrons. The first-order valence-corrected chi connectivity index (χ1v) is 6.36. The highest BCUT2D eigenvalue weighted by Crippen LogP contribution is 2.38. The number of nitrogens with one attached hydrogen (secondary N) is 1. The van der Waals surface area contributed by atoms with E-state index in [1.807, 2.05) is 42.3 Å². The van der Waals surface area contributed by atoms with E-state index in [1.54, 1.807) is 0 Å². The van der Waals surface area contributed by atoms with Crippen molar-refractivity contribution in [2.24, 2.45) is 11.8 Å². The number of aliphatic carboxylic acids is 1. The van der Waals surface area contributed by atoms with Crippen LogP contribution in [0.2, 0.25) is 0 Å². The Bertz CT molecular complexity index is 461. The Morgan fingerprint density at radius 3 is 2.58 bits per heavy atom. The van der Waals surface area contributed by atoms with Crippen molar-refractivity contribution in [2.45, 2.75) is 6.42 Å². The normalized spacial score (nSPS) is 20.7. The number of nitrogens with zero attached hydrogens (tertiary/aromatic N) is 1. The Balaban J connectivity index is 1.70. The van der Waals surface area contributed by atoms with Crippen LogP contribution in [0.4, 0.5) is 5.69 Å². The first kappa shape index (κ1) is 13.4. The van der Waals surface area contributed by atoms with Gasteiger partial charge in [-0.2, -0.15) is 0 Å². The minimum Gasteiger partial charge on any atom is -0.481 e. The van der Waals surface area contributed by atoms with Gasteiger partial charge in [-0.15, -0.1) is 0 Å². The summed E-state index contributed by atoms with van der Waals surface area (Å²) in [4.78, 5) is 24.3. The van der Waals surface area contributed by atoms with Gasteiger partial charge in [-0.3, -0.25) is 9.59 Å². The van der Waals surface area contributed by atoms with Crippen molar-refractivity contribution in [3.05, 3.63) is 30.3 Å². The Morgan fingerprint density at radius 1 is 1.32 bits per heavy atom. The highest BCUT2D eigenvalue weighted by molar-refractivity contribution is 5.89. The molecule has 2 atom stereocenters. The lowest BCUT2D eigenvalue weighted by Crippen LogP contribution is -2.34. The van der Waals surface area contributed by atoms with Gasteiger partial charge >= 0.3 is 5.97 Å². The molecule has 19 heavy (non-hydrogen) atoms. The quantitative estimate of drug-likeness (QED) is 0.801. The molecule has 1 fully saturated rings. The molecule has 1 aromatic rings. The van der Waals surface area contributed by atoms with E-state index < -0.39 is 11.9 Å². The minimum absolute atomic E-state index is 0.145.